The largest absolute Gasteiger partial charge is 0.350 e. The summed E-state index contributed by atoms with van der Waals surface area (Å²) in [5.41, 5.74) is 4.26. The Bertz CT molecular complexity index is 1080. The molecule has 0 saturated carbocycles. The van der Waals surface area contributed by atoms with Gasteiger partial charge in [-0.15, -0.1) is 22.7 Å². The van der Waals surface area contributed by atoms with Gasteiger partial charge in [0.1, 0.15) is 11.5 Å². The molecule has 0 fully saturated rings. The number of carbonyl (C=O) groups is 1. The Morgan fingerprint density at radius 2 is 2.15 bits per heavy atom. The Hall–Kier alpha value is -2.58. The zero-order chi connectivity index (χ0) is 18.1. The third kappa shape index (κ3) is 3.13. The first-order chi connectivity index (χ1) is 12.6. The molecule has 132 valence electrons. The predicted octanol–water partition coefficient (Wildman–Crippen LogP) is 3.94. The van der Waals surface area contributed by atoms with Gasteiger partial charge in [0, 0.05) is 35.0 Å². The van der Waals surface area contributed by atoms with Crippen molar-refractivity contribution in [3.8, 4) is 11.3 Å². The van der Waals surface area contributed by atoms with E-state index in [9.17, 15) is 9.18 Å². The fourth-order valence-electron chi connectivity index (χ4n) is 2.69. The SMILES string of the molecule is Cc1ncsc1CCNC(=O)c1csc2nc(-c3ccccc3F)cn12. The molecule has 0 aliphatic carbocycles. The van der Waals surface area contributed by atoms with E-state index in [2.05, 4.69) is 15.3 Å². The van der Waals surface area contributed by atoms with Gasteiger partial charge < -0.3 is 5.32 Å². The molecule has 26 heavy (non-hydrogen) atoms. The summed E-state index contributed by atoms with van der Waals surface area (Å²) in [6.45, 7) is 2.50. The van der Waals surface area contributed by atoms with Crippen molar-refractivity contribution >= 4 is 33.5 Å². The van der Waals surface area contributed by atoms with Crippen molar-refractivity contribution in [2.45, 2.75) is 13.3 Å². The van der Waals surface area contributed by atoms with E-state index in [1.807, 2.05) is 12.4 Å². The van der Waals surface area contributed by atoms with Gasteiger partial charge in [0.15, 0.2) is 4.96 Å². The second-order valence-electron chi connectivity index (χ2n) is 5.75. The molecule has 0 radical (unpaired) electrons. The second kappa shape index (κ2) is 6.97. The number of imidazole rings is 1. The molecule has 1 N–H and O–H groups in total. The maximum absolute atomic E-state index is 14.0. The number of hydrogen-bond acceptors (Lipinski definition) is 5. The highest BCUT2D eigenvalue weighted by Crippen LogP contribution is 2.25. The van der Waals surface area contributed by atoms with Crippen molar-refractivity contribution in [2.75, 3.05) is 6.54 Å². The van der Waals surface area contributed by atoms with Gasteiger partial charge in [-0.1, -0.05) is 12.1 Å². The first-order valence-electron chi connectivity index (χ1n) is 8.02. The summed E-state index contributed by atoms with van der Waals surface area (Å²) in [5.74, 6) is -0.500. The quantitative estimate of drug-likeness (QED) is 0.565. The highest BCUT2D eigenvalue weighted by Gasteiger charge is 2.16. The van der Waals surface area contributed by atoms with Gasteiger partial charge >= 0.3 is 0 Å². The number of amides is 1. The molecule has 5 nitrogen and oxygen atoms in total. The number of fused-ring (bicyclic) bond motifs is 1. The summed E-state index contributed by atoms with van der Waals surface area (Å²) in [5, 5.41) is 4.69. The van der Waals surface area contributed by atoms with Crippen LogP contribution in [0.1, 0.15) is 21.1 Å². The first kappa shape index (κ1) is 16.9. The third-order valence-electron chi connectivity index (χ3n) is 4.07. The fourth-order valence-corrected chi connectivity index (χ4v) is 4.33. The maximum atomic E-state index is 14.0. The summed E-state index contributed by atoms with van der Waals surface area (Å²) < 4.78 is 15.7. The lowest BCUT2D eigenvalue weighted by atomic mass is 10.1. The monoisotopic (exact) mass is 386 g/mol. The molecule has 0 saturated heterocycles. The molecular formula is C18H15FN4OS2. The van der Waals surface area contributed by atoms with Crippen LogP contribution < -0.4 is 5.32 Å². The highest BCUT2D eigenvalue weighted by molar-refractivity contribution is 7.15. The molecule has 8 heteroatoms. The van der Waals surface area contributed by atoms with Gasteiger partial charge in [-0.05, 0) is 19.1 Å². The molecule has 0 spiro atoms. The molecule has 3 aromatic heterocycles. The van der Waals surface area contributed by atoms with Crippen molar-refractivity contribution in [3.63, 3.8) is 0 Å². The number of hydrogen-bond donors (Lipinski definition) is 1. The Labute approximate surface area is 157 Å². The van der Waals surface area contributed by atoms with Crippen LogP contribution in [0.25, 0.3) is 16.2 Å². The first-order valence-corrected chi connectivity index (χ1v) is 9.78. The summed E-state index contributed by atoms with van der Waals surface area (Å²) >= 11 is 2.95. The van der Waals surface area contributed by atoms with E-state index in [4.69, 9.17) is 0 Å². The number of benzene rings is 1. The van der Waals surface area contributed by atoms with E-state index in [1.54, 1.807) is 45.5 Å². The van der Waals surface area contributed by atoms with Crippen LogP contribution in [0, 0.1) is 12.7 Å². The van der Waals surface area contributed by atoms with E-state index in [0.717, 1.165) is 12.1 Å². The number of halogens is 1. The number of rotatable bonds is 5. The molecule has 4 rings (SSSR count). The van der Waals surface area contributed by atoms with E-state index in [1.165, 1.54) is 22.3 Å². The van der Waals surface area contributed by atoms with E-state index in [0.29, 0.717) is 28.5 Å². The summed E-state index contributed by atoms with van der Waals surface area (Å²) in [6.07, 6.45) is 2.45. The van der Waals surface area contributed by atoms with Crippen molar-refractivity contribution < 1.29 is 9.18 Å². The van der Waals surface area contributed by atoms with Crippen LogP contribution in [0.4, 0.5) is 4.39 Å². The standard InChI is InChI=1S/C18H15FN4OS2/c1-11-16(26-10-21-11)6-7-20-17(24)15-9-25-18-22-14(8-23(15)18)12-4-2-3-5-13(12)19/h2-5,8-10H,6-7H2,1H3,(H,20,24). The Morgan fingerprint density at radius 3 is 2.92 bits per heavy atom. The molecule has 0 aliphatic rings. The lowest BCUT2D eigenvalue weighted by Gasteiger charge is -2.03. The summed E-state index contributed by atoms with van der Waals surface area (Å²) in [4.78, 5) is 23.0. The smallest absolute Gasteiger partial charge is 0.269 e. The van der Waals surface area contributed by atoms with Gasteiger partial charge in [0.2, 0.25) is 0 Å². The van der Waals surface area contributed by atoms with Crippen molar-refractivity contribution in [3.05, 3.63) is 63.4 Å². The molecule has 1 aromatic carbocycles. The van der Waals surface area contributed by atoms with Crippen molar-refractivity contribution in [1.29, 1.82) is 0 Å². The highest BCUT2D eigenvalue weighted by atomic mass is 32.1. The van der Waals surface area contributed by atoms with E-state index >= 15 is 0 Å². The number of nitrogens with zero attached hydrogens (tertiary/aromatic N) is 3. The van der Waals surface area contributed by atoms with Crippen LogP contribution in [-0.2, 0) is 6.42 Å². The zero-order valence-corrected chi connectivity index (χ0v) is 15.5. The van der Waals surface area contributed by atoms with Crippen molar-refractivity contribution in [2.24, 2.45) is 0 Å². The summed E-state index contributed by atoms with van der Waals surface area (Å²) in [7, 11) is 0. The minimum absolute atomic E-state index is 0.170. The molecule has 0 aliphatic heterocycles. The predicted molar refractivity (Wildman–Crippen MR) is 101 cm³/mol. The van der Waals surface area contributed by atoms with Crippen LogP contribution in [0.15, 0.2) is 41.4 Å². The Balaban J connectivity index is 1.52. The lowest BCUT2D eigenvalue weighted by Crippen LogP contribution is -2.26. The Kier molecular flexibility index (Phi) is 4.52. The number of carbonyl (C=O) groups excluding carboxylic acids is 1. The average molecular weight is 386 g/mol. The van der Waals surface area contributed by atoms with Crippen molar-refractivity contribution in [1.82, 2.24) is 19.7 Å². The molecule has 4 aromatic rings. The third-order valence-corrected chi connectivity index (χ3v) is 5.91. The zero-order valence-electron chi connectivity index (χ0n) is 13.9. The molecule has 0 bridgehead atoms. The number of aryl methyl sites for hydroxylation is 1. The molecule has 1 amide bonds. The number of aromatic nitrogens is 3. The second-order valence-corrected chi connectivity index (χ2v) is 7.52. The minimum Gasteiger partial charge on any atom is -0.350 e. The van der Waals surface area contributed by atoms with Gasteiger partial charge in [-0.25, -0.2) is 14.4 Å². The molecule has 0 unspecified atom stereocenters. The van der Waals surface area contributed by atoms with Gasteiger partial charge in [0.05, 0.1) is 16.9 Å². The molecule has 3 heterocycles. The topological polar surface area (TPSA) is 59.3 Å². The normalized spacial score (nSPS) is 11.2. The number of nitrogens with one attached hydrogen (secondary N) is 1. The van der Waals surface area contributed by atoms with Gasteiger partial charge in [-0.2, -0.15) is 0 Å². The van der Waals surface area contributed by atoms with Crippen LogP contribution >= 0.6 is 22.7 Å². The van der Waals surface area contributed by atoms with Crippen LogP contribution in [0.5, 0.6) is 0 Å². The minimum atomic E-state index is -0.329. The van der Waals surface area contributed by atoms with Gasteiger partial charge in [-0.3, -0.25) is 9.20 Å². The van der Waals surface area contributed by atoms with Crippen LogP contribution in [-0.4, -0.2) is 26.8 Å². The van der Waals surface area contributed by atoms with Crippen LogP contribution in [0.2, 0.25) is 0 Å². The fraction of sp³-hybridized carbons (Fsp3) is 0.167. The van der Waals surface area contributed by atoms with Gasteiger partial charge in [0.25, 0.3) is 5.91 Å². The lowest BCUT2D eigenvalue weighted by molar-refractivity contribution is 0.0948. The van der Waals surface area contributed by atoms with E-state index in [-0.39, 0.29) is 11.7 Å². The van der Waals surface area contributed by atoms with E-state index < -0.39 is 0 Å². The molecule has 0 atom stereocenters. The maximum Gasteiger partial charge on any atom is 0.269 e. The number of thiazole rings is 2. The Morgan fingerprint density at radius 1 is 1.31 bits per heavy atom. The average Bonchev–Trinajstić information content (AvgIpc) is 3.31. The molecular weight excluding hydrogens is 371 g/mol. The van der Waals surface area contributed by atoms with Crippen LogP contribution in [0.3, 0.4) is 0 Å². The summed E-state index contributed by atoms with van der Waals surface area (Å²) in [6, 6.07) is 6.48.